The van der Waals surface area contributed by atoms with Gasteiger partial charge in [0.05, 0.1) is 21.8 Å². The fraction of sp³-hybridized carbons (Fsp3) is 0.393. The van der Waals surface area contributed by atoms with Crippen LogP contribution in [0.3, 0.4) is 0 Å². The van der Waals surface area contributed by atoms with Crippen LogP contribution in [0.4, 0.5) is 0 Å². The van der Waals surface area contributed by atoms with Gasteiger partial charge in [-0.05, 0) is 111 Å². The average Bonchev–Trinajstić information content (AvgIpc) is 4.27. The summed E-state index contributed by atoms with van der Waals surface area (Å²) in [5.74, 6) is -0.372. The van der Waals surface area contributed by atoms with E-state index in [1.165, 1.54) is 25.7 Å². The first-order chi connectivity index (χ1) is 34.3. The highest BCUT2D eigenvalue weighted by Crippen LogP contribution is 2.41. The predicted octanol–water partition coefficient (Wildman–Crippen LogP) is 9.61. The van der Waals surface area contributed by atoms with E-state index in [1.807, 2.05) is 82.9 Å². The highest BCUT2D eigenvalue weighted by atomic mass is 32.1. The number of amides is 4. The van der Waals surface area contributed by atoms with E-state index in [1.54, 1.807) is 22.7 Å². The lowest BCUT2D eigenvalue weighted by Crippen LogP contribution is -2.43. The number of hydrogen-bond acceptors (Lipinski definition) is 10. The highest BCUT2D eigenvalue weighted by molar-refractivity contribution is 7.15. The Kier molecular flexibility index (Phi) is 15.2. The maximum Gasteiger partial charge on any atom is 0.250 e. The van der Waals surface area contributed by atoms with E-state index in [4.69, 9.17) is 9.97 Å². The Balaban J connectivity index is 0.772. The quantitative estimate of drug-likeness (QED) is 0.0925. The van der Waals surface area contributed by atoms with Crippen molar-refractivity contribution in [2.75, 3.05) is 52.4 Å². The fourth-order valence-corrected chi connectivity index (χ4v) is 12.7. The van der Waals surface area contributed by atoms with Crippen molar-refractivity contribution in [1.82, 2.24) is 40.2 Å². The molecule has 12 nitrogen and oxygen atoms in total. The molecule has 10 rings (SSSR count). The van der Waals surface area contributed by atoms with Gasteiger partial charge in [-0.25, -0.2) is 9.97 Å². The first-order valence-corrected chi connectivity index (χ1v) is 26.8. The smallest absolute Gasteiger partial charge is 0.250 e. The Labute approximate surface area is 419 Å². The number of thiazole rings is 2. The molecule has 6 aromatic rings. The molecule has 0 bridgehead atoms. The molecule has 362 valence electrons. The van der Waals surface area contributed by atoms with Gasteiger partial charge in [-0.1, -0.05) is 109 Å². The first kappa shape index (κ1) is 47.6. The van der Waals surface area contributed by atoms with Crippen molar-refractivity contribution in [3.63, 3.8) is 0 Å². The van der Waals surface area contributed by atoms with E-state index in [0.29, 0.717) is 39.0 Å². The SMILES string of the molecule is O=C(CCN1CCCC1)N[C@H](C(=O)N1CCC[C@H]1c1ncc(-c2ccc(-c3ccc(-c4cnc([C@@H]5CCCN5C(=O)[C@H](NC(=O)CCN5CCCC5)c5ccccc5)s4)cc3)cc2)s1)c1ccccc1. The zero-order valence-corrected chi connectivity index (χ0v) is 41.4. The van der Waals surface area contributed by atoms with Crippen LogP contribution in [-0.2, 0) is 19.2 Å². The average molecular weight is 975 g/mol. The van der Waals surface area contributed by atoms with Gasteiger partial charge in [0.15, 0.2) is 0 Å². The lowest BCUT2D eigenvalue weighted by atomic mass is 10.0. The van der Waals surface area contributed by atoms with E-state index in [0.717, 1.165) is 105 Å². The van der Waals surface area contributed by atoms with Crippen molar-refractivity contribution >= 4 is 46.3 Å². The lowest BCUT2D eigenvalue weighted by molar-refractivity contribution is -0.137. The summed E-state index contributed by atoms with van der Waals surface area (Å²) in [6, 6.07) is 34.5. The van der Waals surface area contributed by atoms with Gasteiger partial charge in [-0.15, -0.1) is 22.7 Å². The molecule has 0 unspecified atom stereocenters. The molecule has 4 saturated heterocycles. The molecule has 4 amide bonds. The number of carbonyl (C=O) groups excluding carboxylic acids is 4. The molecule has 70 heavy (non-hydrogen) atoms. The Morgan fingerprint density at radius 2 is 0.857 bits per heavy atom. The van der Waals surface area contributed by atoms with Crippen LogP contribution in [0, 0.1) is 0 Å². The topological polar surface area (TPSA) is 131 Å². The van der Waals surface area contributed by atoms with Gasteiger partial charge in [0.2, 0.25) is 23.6 Å². The van der Waals surface area contributed by atoms with Crippen molar-refractivity contribution in [3.8, 4) is 32.0 Å². The van der Waals surface area contributed by atoms with Crippen molar-refractivity contribution < 1.29 is 19.2 Å². The molecular formula is C56H62N8O4S2. The van der Waals surface area contributed by atoms with Crippen LogP contribution in [-0.4, -0.2) is 106 Å². The number of likely N-dealkylation sites (tertiary alicyclic amines) is 4. The summed E-state index contributed by atoms with van der Waals surface area (Å²) in [6.07, 6.45) is 12.7. The molecule has 4 aliphatic heterocycles. The number of benzene rings is 4. The van der Waals surface area contributed by atoms with Crippen LogP contribution in [0.2, 0.25) is 0 Å². The number of hydrogen-bond donors (Lipinski definition) is 2. The number of aromatic nitrogens is 2. The molecule has 0 saturated carbocycles. The van der Waals surface area contributed by atoms with Crippen molar-refractivity contribution in [3.05, 3.63) is 143 Å². The predicted molar refractivity (Wildman–Crippen MR) is 277 cm³/mol. The second-order valence-corrected chi connectivity index (χ2v) is 21.2. The summed E-state index contributed by atoms with van der Waals surface area (Å²) in [4.78, 5) is 75.5. The monoisotopic (exact) mass is 974 g/mol. The van der Waals surface area contributed by atoms with Gasteiger partial charge in [0, 0.05) is 51.4 Å². The van der Waals surface area contributed by atoms with Crippen LogP contribution < -0.4 is 10.6 Å². The van der Waals surface area contributed by atoms with Gasteiger partial charge >= 0.3 is 0 Å². The summed E-state index contributed by atoms with van der Waals surface area (Å²) < 4.78 is 0. The zero-order chi connectivity index (χ0) is 47.8. The van der Waals surface area contributed by atoms with E-state index in [-0.39, 0.29) is 35.7 Å². The Morgan fingerprint density at radius 1 is 0.486 bits per heavy atom. The van der Waals surface area contributed by atoms with E-state index >= 15 is 0 Å². The van der Waals surface area contributed by atoms with Crippen LogP contribution >= 0.6 is 22.7 Å². The maximum absolute atomic E-state index is 14.3. The van der Waals surface area contributed by atoms with Gasteiger partial charge in [0.1, 0.15) is 22.1 Å². The van der Waals surface area contributed by atoms with Gasteiger partial charge in [0.25, 0.3) is 0 Å². The van der Waals surface area contributed by atoms with Gasteiger partial charge in [-0.3, -0.25) is 19.2 Å². The van der Waals surface area contributed by atoms with Gasteiger partial charge < -0.3 is 30.2 Å². The van der Waals surface area contributed by atoms with Crippen LogP contribution in [0.15, 0.2) is 122 Å². The van der Waals surface area contributed by atoms with Gasteiger partial charge in [-0.2, -0.15) is 0 Å². The second kappa shape index (κ2) is 22.4. The second-order valence-electron chi connectivity index (χ2n) is 19.1. The Bertz CT molecular complexity index is 2530. The van der Waals surface area contributed by atoms with Crippen LogP contribution in [0.25, 0.3) is 32.0 Å². The largest absolute Gasteiger partial charge is 0.340 e. The number of nitrogens with zero attached hydrogens (tertiary/aromatic N) is 6. The van der Waals surface area contributed by atoms with Crippen molar-refractivity contribution in [1.29, 1.82) is 0 Å². The fourth-order valence-electron chi connectivity index (χ4n) is 10.6. The first-order valence-electron chi connectivity index (χ1n) is 25.2. The molecule has 6 heterocycles. The molecule has 14 heteroatoms. The summed E-state index contributed by atoms with van der Waals surface area (Å²) in [5, 5.41) is 8.03. The summed E-state index contributed by atoms with van der Waals surface area (Å²) in [5.41, 5.74) is 5.92. The van der Waals surface area contributed by atoms with Crippen LogP contribution in [0.1, 0.15) is 110 Å². The lowest BCUT2D eigenvalue weighted by Gasteiger charge is -2.29. The molecule has 2 N–H and O–H groups in total. The van der Waals surface area contributed by atoms with Crippen LogP contribution in [0.5, 0.6) is 0 Å². The molecule has 4 aliphatic rings. The molecule has 4 fully saturated rings. The Hall–Kier alpha value is -6.06. The normalized spacial score (nSPS) is 19.4. The minimum absolute atomic E-state index is 0.0860. The maximum atomic E-state index is 14.3. The third-order valence-electron chi connectivity index (χ3n) is 14.4. The summed E-state index contributed by atoms with van der Waals surface area (Å²) in [6.45, 7) is 6.80. The number of nitrogens with one attached hydrogen (secondary N) is 2. The molecule has 4 aromatic carbocycles. The van der Waals surface area contributed by atoms with Crippen molar-refractivity contribution in [2.45, 2.75) is 88.4 Å². The van der Waals surface area contributed by atoms with E-state index in [2.05, 4.69) is 69.0 Å². The third kappa shape index (κ3) is 11.1. The molecule has 0 radical (unpaired) electrons. The minimum Gasteiger partial charge on any atom is -0.340 e. The van der Waals surface area contributed by atoms with E-state index < -0.39 is 12.1 Å². The summed E-state index contributed by atoms with van der Waals surface area (Å²) >= 11 is 3.25. The summed E-state index contributed by atoms with van der Waals surface area (Å²) in [7, 11) is 0. The molecule has 0 spiro atoms. The van der Waals surface area contributed by atoms with Crippen molar-refractivity contribution in [2.24, 2.45) is 0 Å². The third-order valence-corrected chi connectivity index (χ3v) is 16.7. The minimum atomic E-state index is -0.747. The highest BCUT2D eigenvalue weighted by Gasteiger charge is 2.39. The van der Waals surface area contributed by atoms with E-state index in [9.17, 15) is 19.2 Å². The standard InChI is InChI=1S/C56H62N8O4S2/c65-49(27-35-61-29-7-8-30-61)59-51(43-13-3-1-4-14-43)55(67)63-33-11-17-45(63)53-57-37-47(69-53)41-23-19-39(20-24-41)40-21-25-42(26-22-40)48-38-58-54(70-48)46-18-12-34-64(46)56(68)52(44-15-5-2-6-16-44)60-50(66)28-36-62-31-9-10-32-62/h1-6,13-16,19-26,37-38,45-46,51-52H,7-12,17-18,27-36H2,(H,59,65)(H,60,66)/t45-,46-,51-,52+/m0/s1. The Morgan fingerprint density at radius 3 is 1.24 bits per heavy atom. The molecule has 4 atom stereocenters. The zero-order valence-electron chi connectivity index (χ0n) is 39.7. The number of carbonyl (C=O) groups is 4. The molecular weight excluding hydrogens is 913 g/mol. The number of rotatable bonds is 17. The molecule has 0 aliphatic carbocycles. The molecule has 2 aromatic heterocycles.